The lowest BCUT2D eigenvalue weighted by Gasteiger charge is -2.20. The Balaban J connectivity index is 1.81. The quantitative estimate of drug-likeness (QED) is 0.853. The number of thioether (sulfide) groups is 1. The molecular weight excluding hydrogens is 204 g/mol. The Morgan fingerprint density at radius 1 is 1.33 bits per heavy atom. The number of nitrogen functional groups attached to an aromatic ring is 1. The summed E-state index contributed by atoms with van der Waals surface area (Å²) in [6.07, 6.45) is 8.84. The van der Waals surface area contributed by atoms with Gasteiger partial charge in [0, 0.05) is 17.2 Å². The smallest absolute Gasteiger partial charge is 0.123 e. The van der Waals surface area contributed by atoms with E-state index in [1.165, 1.54) is 37.7 Å². The van der Waals surface area contributed by atoms with Gasteiger partial charge >= 0.3 is 0 Å². The molecule has 0 aliphatic heterocycles. The van der Waals surface area contributed by atoms with Gasteiger partial charge in [0.15, 0.2) is 0 Å². The summed E-state index contributed by atoms with van der Waals surface area (Å²) in [5.74, 6) is 1.72. The maximum absolute atomic E-state index is 5.65. The predicted octanol–water partition coefficient (Wildman–Crippen LogP) is 3.23. The van der Waals surface area contributed by atoms with E-state index in [9.17, 15) is 0 Å². The highest BCUT2D eigenvalue weighted by atomic mass is 32.2. The van der Waals surface area contributed by atoms with E-state index < -0.39 is 0 Å². The maximum Gasteiger partial charge on any atom is 0.123 e. The van der Waals surface area contributed by atoms with Gasteiger partial charge in [0.1, 0.15) is 5.82 Å². The molecule has 2 N–H and O–H groups in total. The van der Waals surface area contributed by atoms with Gasteiger partial charge in [0.2, 0.25) is 0 Å². The fourth-order valence-corrected chi connectivity index (χ4v) is 3.30. The van der Waals surface area contributed by atoms with E-state index in [1.54, 1.807) is 6.20 Å². The Morgan fingerprint density at radius 2 is 2.13 bits per heavy atom. The largest absolute Gasteiger partial charge is 0.384 e. The third kappa shape index (κ3) is 3.42. The molecule has 82 valence electrons. The first-order valence-electron chi connectivity index (χ1n) is 5.66. The van der Waals surface area contributed by atoms with E-state index >= 15 is 0 Å². The minimum absolute atomic E-state index is 0.636. The van der Waals surface area contributed by atoms with E-state index in [-0.39, 0.29) is 0 Å². The van der Waals surface area contributed by atoms with E-state index in [2.05, 4.69) is 22.8 Å². The highest BCUT2D eigenvalue weighted by molar-refractivity contribution is 7.99. The van der Waals surface area contributed by atoms with Gasteiger partial charge in [-0.3, -0.25) is 0 Å². The van der Waals surface area contributed by atoms with E-state index in [1.807, 2.05) is 6.07 Å². The molecule has 1 aliphatic rings. The first-order chi connectivity index (χ1) is 7.34. The minimum atomic E-state index is 0.636. The molecule has 0 radical (unpaired) electrons. The van der Waals surface area contributed by atoms with Gasteiger partial charge in [-0.05, 0) is 30.5 Å². The second-order valence-electron chi connectivity index (χ2n) is 4.16. The van der Waals surface area contributed by atoms with Crippen molar-refractivity contribution in [1.29, 1.82) is 0 Å². The summed E-state index contributed by atoms with van der Waals surface area (Å²) >= 11 is 2.08. The normalized spacial score (nSPS) is 17.9. The van der Waals surface area contributed by atoms with Crippen LogP contribution in [0.3, 0.4) is 0 Å². The molecule has 1 aromatic heterocycles. The summed E-state index contributed by atoms with van der Waals surface area (Å²) < 4.78 is 0. The first-order valence-corrected chi connectivity index (χ1v) is 6.71. The number of hydrogen-bond acceptors (Lipinski definition) is 3. The summed E-state index contributed by atoms with van der Waals surface area (Å²) in [7, 11) is 0. The molecule has 0 bridgehead atoms. The van der Waals surface area contributed by atoms with Crippen LogP contribution in [-0.2, 0) is 5.75 Å². The molecule has 0 spiro atoms. The Kier molecular flexibility index (Phi) is 3.89. The summed E-state index contributed by atoms with van der Waals surface area (Å²) in [5.41, 5.74) is 6.95. The molecule has 1 heterocycles. The van der Waals surface area contributed by atoms with E-state index in [0.717, 1.165) is 11.0 Å². The monoisotopic (exact) mass is 222 g/mol. The van der Waals surface area contributed by atoms with Crippen LogP contribution in [0.5, 0.6) is 0 Å². The average molecular weight is 222 g/mol. The molecule has 0 unspecified atom stereocenters. The Labute approximate surface area is 95.7 Å². The number of hydrogen-bond donors (Lipinski definition) is 1. The second kappa shape index (κ2) is 5.40. The molecule has 2 nitrogen and oxygen atoms in total. The fraction of sp³-hybridized carbons (Fsp3) is 0.583. The van der Waals surface area contributed by atoms with Crippen LogP contribution >= 0.6 is 11.8 Å². The van der Waals surface area contributed by atoms with Crippen LogP contribution in [0.4, 0.5) is 5.82 Å². The Morgan fingerprint density at radius 3 is 2.87 bits per heavy atom. The van der Waals surface area contributed by atoms with Gasteiger partial charge in [-0.1, -0.05) is 19.3 Å². The van der Waals surface area contributed by atoms with Crippen molar-refractivity contribution in [1.82, 2.24) is 4.98 Å². The van der Waals surface area contributed by atoms with Crippen LogP contribution in [-0.4, -0.2) is 10.2 Å². The lowest BCUT2D eigenvalue weighted by atomic mass is 10.0. The predicted molar refractivity (Wildman–Crippen MR) is 66.8 cm³/mol. The topological polar surface area (TPSA) is 38.9 Å². The fourth-order valence-electron chi connectivity index (χ4n) is 2.03. The van der Waals surface area contributed by atoms with Gasteiger partial charge in [0.05, 0.1) is 0 Å². The lowest BCUT2D eigenvalue weighted by molar-refractivity contribution is 0.516. The number of nitrogens with two attached hydrogens (primary N) is 1. The highest BCUT2D eigenvalue weighted by Gasteiger charge is 2.13. The molecule has 0 amide bonds. The molecule has 1 aliphatic carbocycles. The van der Waals surface area contributed by atoms with Gasteiger partial charge in [0.25, 0.3) is 0 Å². The molecule has 2 rings (SSSR count). The summed E-state index contributed by atoms with van der Waals surface area (Å²) in [6, 6.07) is 4.04. The molecule has 0 aromatic carbocycles. The molecule has 1 saturated carbocycles. The summed E-state index contributed by atoms with van der Waals surface area (Å²) in [6.45, 7) is 0. The van der Waals surface area contributed by atoms with Crippen LogP contribution in [0.25, 0.3) is 0 Å². The van der Waals surface area contributed by atoms with Crippen LogP contribution < -0.4 is 5.73 Å². The number of nitrogens with zero attached hydrogens (tertiary/aromatic N) is 1. The molecular formula is C12H18N2S. The number of anilines is 1. The lowest BCUT2D eigenvalue weighted by Crippen LogP contribution is -2.08. The van der Waals surface area contributed by atoms with Crippen LogP contribution in [0.1, 0.15) is 37.7 Å². The van der Waals surface area contributed by atoms with Crippen LogP contribution in [0.15, 0.2) is 18.3 Å². The maximum atomic E-state index is 5.65. The average Bonchev–Trinajstić information content (AvgIpc) is 2.28. The Bertz CT molecular complexity index is 308. The Hall–Kier alpha value is -0.700. The van der Waals surface area contributed by atoms with E-state index in [0.29, 0.717) is 5.82 Å². The summed E-state index contributed by atoms with van der Waals surface area (Å²) in [5, 5.41) is 0.869. The van der Waals surface area contributed by atoms with Crippen molar-refractivity contribution in [3.8, 4) is 0 Å². The SMILES string of the molecule is Nc1cc(CSC2CCCCC2)ccn1. The molecule has 0 saturated heterocycles. The molecule has 0 atom stereocenters. The standard InChI is InChI=1S/C12H18N2S/c13-12-8-10(6-7-14-12)9-15-11-4-2-1-3-5-11/h6-8,11H,1-5,9H2,(H2,13,14). The zero-order valence-electron chi connectivity index (χ0n) is 8.98. The van der Waals surface area contributed by atoms with Crippen molar-refractivity contribution in [2.75, 3.05) is 5.73 Å². The van der Waals surface area contributed by atoms with Crippen molar-refractivity contribution >= 4 is 17.6 Å². The second-order valence-corrected chi connectivity index (χ2v) is 5.45. The van der Waals surface area contributed by atoms with Crippen molar-refractivity contribution in [2.45, 2.75) is 43.1 Å². The van der Waals surface area contributed by atoms with Gasteiger partial charge < -0.3 is 5.73 Å². The number of aromatic nitrogens is 1. The van der Waals surface area contributed by atoms with Crippen molar-refractivity contribution in [3.05, 3.63) is 23.9 Å². The van der Waals surface area contributed by atoms with Crippen LogP contribution in [0, 0.1) is 0 Å². The minimum Gasteiger partial charge on any atom is -0.384 e. The molecule has 1 fully saturated rings. The zero-order valence-corrected chi connectivity index (χ0v) is 9.80. The third-order valence-corrected chi connectivity index (χ3v) is 4.33. The van der Waals surface area contributed by atoms with Crippen LogP contribution in [0.2, 0.25) is 0 Å². The van der Waals surface area contributed by atoms with Gasteiger partial charge in [-0.15, -0.1) is 0 Å². The third-order valence-electron chi connectivity index (χ3n) is 2.88. The van der Waals surface area contributed by atoms with Gasteiger partial charge in [-0.25, -0.2) is 4.98 Å². The summed E-state index contributed by atoms with van der Waals surface area (Å²) in [4.78, 5) is 4.00. The van der Waals surface area contributed by atoms with Crippen molar-refractivity contribution < 1.29 is 0 Å². The molecule has 1 aromatic rings. The van der Waals surface area contributed by atoms with Crippen molar-refractivity contribution in [3.63, 3.8) is 0 Å². The highest BCUT2D eigenvalue weighted by Crippen LogP contribution is 2.30. The first kappa shape index (κ1) is 10.8. The molecule has 15 heavy (non-hydrogen) atoms. The van der Waals surface area contributed by atoms with Gasteiger partial charge in [-0.2, -0.15) is 11.8 Å². The molecule has 3 heteroatoms. The zero-order chi connectivity index (χ0) is 10.5. The number of rotatable bonds is 3. The van der Waals surface area contributed by atoms with E-state index in [4.69, 9.17) is 5.73 Å². The number of pyridine rings is 1. The van der Waals surface area contributed by atoms with Crippen molar-refractivity contribution in [2.24, 2.45) is 0 Å².